The van der Waals surface area contributed by atoms with E-state index in [-0.39, 0.29) is 23.0 Å². The van der Waals surface area contributed by atoms with Crippen molar-refractivity contribution in [2.24, 2.45) is 0 Å². The Hall–Kier alpha value is -4.05. The highest BCUT2D eigenvalue weighted by Gasteiger charge is 2.34. The van der Waals surface area contributed by atoms with E-state index in [1.54, 1.807) is 68.6 Å². The van der Waals surface area contributed by atoms with E-state index < -0.39 is 28.5 Å². The Morgan fingerprint density at radius 3 is 2.31 bits per heavy atom. The number of anilines is 1. The molecule has 1 atom stereocenters. The number of hydrogen-bond acceptors (Lipinski definition) is 6. The molecule has 1 N–H and O–H groups in total. The van der Waals surface area contributed by atoms with Gasteiger partial charge in [-0.25, -0.2) is 8.42 Å². The van der Waals surface area contributed by atoms with Crippen LogP contribution in [0.1, 0.15) is 45.6 Å². The van der Waals surface area contributed by atoms with Gasteiger partial charge in [0.1, 0.15) is 24.1 Å². The van der Waals surface area contributed by atoms with Crippen LogP contribution in [-0.4, -0.2) is 58.0 Å². The summed E-state index contributed by atoms with van der Waals surface area (Å²) in [5.74, 6) is 0.130. The number of ether oxygens (including phenoxy) is 2. The van der Waals surface area contributed by atoms with Crippen molar-refractivity contribution in [2.45, 2.75) is 57.5 Å². The molecule has 0 radical (unpaired) electrons. The monoisotopic (exact) mass is 595 g/mol. The van der Waals surface area contributed by atoms with E-state index in [0.717, 1.165) is 22.7 Å². The van der Waals surface area contributed by atoms with E-state index in [4.69, 9.17) is 9.47 Å². The van der Waals surface area contributed by atoms with Crippen LogP contribution in [0.15, 0.2) is 83.8 Å². The molecular formula is C32H41N3O6S. The normalized spacial score (nSPS) is 11.8. The minimum Gasteiger partial charge on any atom is -0.497 e. The molecule has 0 aromatic heterocycles. The topological polar surface area (TPSA) is 105 Å². The number of nitrogens with one attached hydrogen (secondary N) is 1. The van der Waals surface area contributed by atoms with Gasteiger partial charge in [-0.1, -0.05) is 62.7 Å². The van der Waals surface area contributed by atoms with Crippen molar-refractivity contribution < 1.29 is 27.5 Å². The quantitative estimate of drug-likeness (QED) is 0.234. The van der Waals surface area contributed by atoms with Crippen LogP contribution in [0.3, 0.4) is 0 Å². The molecule has 0 saturated heterocycles. The lowest BCUT2D eigenvalue weighted by molar-refractivity contribution is -0.140. The summed E-state index contributed by atoms with van der Waals surface area (Å²) in [6.45, 7) is 6.01. The molecule has 0 unspecified atom stereocenters. The number of para-hydroxylation sites is 2. The first kappa shape index (κ1) is 32.5. The number of rotatable bonds is 16. The van der Waals surface area contributed by atoms with Crippen molar-refractivity contribution in [1.82, 2.24) is 10.2 Å². The van der Waals surface area contributed by atoms with Crippen LogP contribution < -0.4 is 19.1 Å². The number of carbonyl (C=O) groups excluding carboxylic acids is 2. The number of unbranched alkanes of at least 4 members (excludes halogenated alkanes) is 1. The summed E-state index contributed by atoms with van der Waals surface area (Å²) < 4.78 is 40.3. The Morgan fingerprint density at radius 2 is 1.64 bits per heavy atom. The number of methoxy groups -OCH3 is 1. The van der Waals surface area contributed by atoms with Crippen molar-refractivity contribution in [3.8, 4) is 11.5 Å². The van der Waals surface area contributed by atoms with E-state index in [9.17, 15) is 18.0 Å². The van der Waals surface area contributed by atoms with E-state index in [1.807, 2.05) is 26.0 Å². The molecule has 0 aliphatic carbocycles. The van der Waals surface area contributed by atoms with E-state index in [1.165, 1.54) is 17.0 Å². The van der Waals surface area contributed by atoms with Gasteiger partial charge in [-0.3, -0.25) is 13.9 Å². The molecule has 0 heterocycles. The highest BCUT2D eigenvalue weighted by atomic mass is 32.2. The predicted octanol–water partition coefficient (Wildman–Crippen LogP) is 5.01. The van der Waals surface area contributed by atoms with E-state index >= 15 is 0 Å². The van der Waals surface area contributed by atoms with Gasteiger partial charge >= 0.3 is 0 Å². The molecular weight excluding hydrogens is 554 g/mol. The van der Waals surface area contributed by atoms with Crippen LogP contribution in [0.4, 0.5) is 5.69 Å². The predicted molar refractivity (Wildman–Crippen MR) is 164 cm³/mol. The molecule has 0 aliphatic rings. The number of benzene rings is 3. The molecule has 3 aromatic carbocycles. The molecule has 226 valence electrons. The lowest BCUT2D eigenvalue weighted by Crippen LogP contribution is -2.52. The van der Waals surface area contributed by atoms with Crippen LogP contribution >= 0.6 is 0 Å². The second-order valence-corrected chi connectivity index (χ2v) is 11.5. The molecule has 0 fully saturated rings. The SMILES string of the molecule is CCCCNC(=O)[C@H](CC)N(Cc1cccc(OC)c1)C(=O)CN(c1ccccc1OCC)S(=O)(=O)c1ccccc1. The summed E-state index contributed by atoms with van der Waals surface area (Å²) >= 11 is 0. The number of carbonyl (C=O) groups is 2. The van der Waals surface area contributed by atoms with Crippen molar-refractivity contribution >= 4 is 27.5 Å². The molecule has 9 nitrogen and oxygen atoms in total. The maximum absolute atomic E-state index is 14.2. The summed E-state index contributed by atoms with van der Waals surface area (Å²) in [6.07, 6.45) is 2.06. The summed E-state index contributed by atoms with van der Waals surface area (Å²) in [6, 6.07) is 21.1. The molecule has 2 amide bonds. The van der Waals surface area contributed by atoms with Crippen LogP contribution in [0.2, 0.25) is 0 Å². The average Bonchev–Trinajstić information content (AvgIpc) is 3.00. The van der Waals surface area contributed by atoms with Crippen molar-refractivity contribution in [2.75, 3.05) is 31.1 Å². The zero-order chi connectivity index (χ0) is 30.5. The zero-order valence-corrected chi connectivity index (χ0v) is 25.6. The molecule has 42 heavy (non-hydrogen) atoms. The Kier molecular flexibility index (Phi) is 12.2. The van der Waals surface area contributed by atoms with Crippen LogP contribution in [0.25, 0.3) is 0 Å². The number of nitrogens with zero attached hydrogens (tertiary/aromatic N) is 2. The molecule has 3 rings (SSSR count). The first-order valence-corrected chi connectivity index (χ1v) is 15.7. The molecule has 0 bridgehead atoms. The molecule has 10 heteroatoms. The summed E-state index contributed by atoms with van der Waals surface area (Å²) in [4.78, 5) is 29.1. The fourth-order valence-corrected chi connectivity index (χ4v) is 6.01. The second-order valence-electron chi connectivity index (χ2n) is 9.67. The van der Waals surface area contributed by atoms with Gasteiger partial charge in [-0.05, 0) is 61.7 Å². The van der Waals surface area contributed by atoms with Gasteiger partial charge in [-0.15, -0.1) is 0 Å². The first-order valence-electron chi connectivity index (χ1n) is 14.3. The highest BCUT2D eigenvalue weighted by molar-refractivity contribution is 7.92. The Balaban J connectivity index is 2.08. The van der Waals surface area contributed by atoms with Crippen molar-refractivity contribution in [3.05, 3.63) is 84.4 Å². The van der Waals surface area contributed by atoms with Crippen molar-refractivity contribution in [1.29, 1.82) is 0 Å². The third-order valence-electron chi connectivity index (χ3n) is 6.75. The van der Waals surface area contributed by atoms with Gasteiger partial charge in [0.05, 0.1) is 24.3 Å². The van der Waals surface area contributed by atoms with Crippen LogP contribution in [-0.2, 0) is 26.2 Å². The van der Waals surface area contributed by atoms with Gasteiger partial charge in [0.15, 0.2) is 0 Å². The highest BCUT2D eigenvalue weighted by Crippen LogP contribution is 2.33. The lowest BCUT2D eigenvalue weighted by atomic mass is 10.1. The van der Waals surface area contributed by atoms with Crippen molar-refractivity contribution in [3.63, 3.8) is 0 Å². The second kappa shape index (κ2) is 15.8. The molecule has 3 aromatic rings. The van der Waals surface area contributed by atoms with E-state index in [0.29, 0.717) is 31.1 Å². The Labute approximate surface area is 249 Å². The van der Waals surface area contributed by atoms with Gasteiger partial charge in [0, 0.05) is 13.1 Å². The smallest absolute Gasteiger partial charge is 0.264 e. The Morgan fingerprint density at radius 1 is 0.929 bits per heavy atom. The molecule has 0 aliphatic heterocycles. The fourth-order valence-electron chi connectivity index (χ4n) is 4.57. The zero-order valence-electron chi connectivity index (χ0n) is 24.8. The minimum atomic E-state index is -4.19. The number of hydrogen-bond donors (Lipinski definition) is 1. The minimum absolute atomic E-state index is 0.0350. The Bertz CT molecular complexity index is 1410. The van der Waals surface area contributed by atoms with Gasteiger partial charge in [-0.2, -0.15) is 0 Å². The molecule has 0 spiro atoms. The summed E-state index contributed by atoms with van der Waals surface area (Å²) in [5, 5.41) is 2.94. The number of sulfonamides is 1. The lowest BCUT2D eigenvalue weighted by Gasteiger charge is -2.33. The fraction of sp³-hybridized carbons (Fsp3) is 0.375. The third-order valence-corrected chi connectivity index (χ3v) is 8.52. The maximum atomic E-state index is 14.2. The van der Waals surface area contributed by atoms with E-state index in [2.05, 4.69) is 5.32 Å². The summed E-state index contributed by atoms with van der Waals surface area (Å²) in [5.41, 5.74) is 0.980. The molecule has 0 saturated carbocycles. The standard InChI is InChI=1S/C32H41N3O6S/c1-5-8-21-33-32(37)28(6-2)34(23-25-15-14-16-26(22-25)40-4)31(36)24-35(29-19-12-13-20-30(29)41-7-3)42(38,39)27-17-10-9-11-18-27/h9-20,22,28H,5-8,21,23-24H2,1-4H3,(H,33,37)/t28-/m0/s1. The first-order chi connectivity index (χ1) is 20.3. The van der Waals surface area contributed by atoms with Crippen LogP contribution in [0.5, 0.6) is 11.5 Å². The van der Waals surface area contributed by atoms with Gasteiger partial charge in [0.25, 0.3) is 10.0 Å². The third kappa shape index (κ3) is 8.25. The number of amides is 2. The summed E-state index contributed by atoms with van der Waals surface area (Å²) in [7, 11) is -2.64. The average molecular weight is 596 g/mol. The van der Waals surface area contributed by atoms with Gasteiger partial charge < -0.3 is 19.7 Å². The van der Waals surface area contributed by atoms with Gasteiger partial charge in [0.2, 0.25) is 11.8 Å². The largest absolute Gasteiger partial charge is 0.497 e. The van der Waals surface area contributed by atoms with Crippen LogP contribution in [0, 0.1) is 0 Å². The maximum Gasteiger partial charge on any atom is 0.264 e.